The Hall–Kier alpha value is -1.72. The Morgan fingerprint density at radius 1 is 1.05 bits per heavy atom. The number of aryl methyl sites for hydroxylation is 1. The molecule has 2 aromatic rings. The van der Waals surface area contributed by atoms with Gasteiger partial charge in [0.25, 0.3) is 0 Å². The minimum atomic E-state index is 0.684. The van der Waals surface area contributed by atoms with E-state index < -0.39 is 0 Å². The van der Waals surface area contributed by atoms with E-state index in [1.807, 2.05) is 43.3 Å². The second kappa shape index (κ2) is 6.45. The Labute approximate surface area is 122 Å². The summed E-state index contributed by atoms with van der Waals surface area (Å²) >= 11 is 3.45. The molecule has 0 unspecified atom stereocenters. The van der Waals surface area contributed by atoms with Crippen LogP contribution in [0.15, 0.2) is 46.9 Å². The van der Waals surface area contributed by atoms with Gasteiger partial charge in [-0.3, -0.25) is 0 Å². The zero-order valence-corrected chi connectivity index (χ0v) is 12.6. The fourth-order valence-corrected chi connectivity index (χ4v) is 2.18. The predicted octanol–water partition coefficient (Wildman–Crippen LogP) is 4.56. The summed E-state index contributed by atoms with van der Waals surface area (Å²) in [5, 5.41) is 0. The lowest BCUT2D eigenvalue weighted by atomic mass is 10.1. The van der Waals surface area contributed by atoms with Crippen LogP contribution < -0.4 is 4.74 Å². The van der Waals surface area contributed by atoms with E-state index in [-0.39, 0.29) is 0 Å². The summed E-state index contributed by atoms with van der Waals surface area (Å²) < 4.78 is 6.48. The summed E-state index contributed by atoms with van der Waals surface area (Å²) in [6.07, 6.45) is 0. The van der Waals surface area contributed by atoms with Crippen molar-refractivity contribution in [2.75, 3.05) is 6.61 Å². The van der Waals surface area contributed by atoms with Crippen molar-refractivity contribution in [1.82, 2.24) is 0 Å². The maximum atomic E-state index is 5.40. The van der Waals surface area contributed by atoms with E-state index in [1.165, 1.54) is 5.56 Å². The molecule has 0 saturated carbocycles. The first kappa shape index (κ1) is 13.7. The topological polar surface area (TPSA) is 9.23 Å². The van der Waals surface area contributed by atoms with Crippen molar-refractivity contribution in [1.29, 1.82) is 0 Å². The average Bonchev–Trinajstić information content (AvgIpc) is 2.40. The standard InChI is InChI=1S/C17H15BrO/c1-3-19-17-10-5-14(6-11-17)4-7-15-8-9-16(18)12-13(15)2/h5-6,8-12H,3H2,1-2H3. The maximum absolute atomic E-state index is 5.40. The second-order valence-corrected chi connectivity index (χ2v) is 5.08. The largest absolute Gasteiger partial charge is 0.494 e. The van der Waals surface area contributed by atoms with Gasteiger partial charge in [-0.1, -0.05) is 27.8 Å². The van der Waals surface area contributed by atoms with Gasteiger partial charge in [0, 0.05) is 15.6 Å². The molecular formula is C17H15BrO. The predicted molar refractivity (Wildman–Crippen MR) is 82.5 cm³/mol. The van der Waals surface area contributed by atoms with Crippen LogP contribution in [0.5, 0.6) is 5.75 Å². The molecule has 0 bridgehead atoms. The SMILES string of the molecule is CCOc1ccc(C#Cc2ccc(Br)cc2C)cc1. The number of benzene rings is 2. The van der Waals surface area contributed by atoms with Crippen LogP contribution in [0.4, 0.5) is 0 Å². The Morgan fingerprint density at radius 3 is 2.42 bits per heavy atom. The lowest BCUT2D eigenvalue weighted by Crippen LogP contribution is -1.90. The fraction of sp³-hybridized carbons (Fsp3) is 0.176. The molecule has 2 aromatic carbocycles. The molecule has 0 aliphatic carbocycles. The third kappa shape index (κ3) is 3.87. The molecule has 0 aliphatic rings. The second-order valence-electron chi connectivity index (χ2n) is 4.17. The maximum Gasteiger partial charge on any atom is 0.119 e. The normalized spacial score (nSPS) is 9.63. The Balaban J connectivity index is 2.19. The van der Waals surface area contributed by atoms with E-state index >= 15 is 0 Å². The molecule has 0 fully saturated rings. The van der Waals surface area contributed by atoms with Gasteiger partial charge in [0.15, 0.2) is 0 Å². The highest BCUT2D eigenvalue weighted by Crippen LogP contribution is 2.15. The molecule has 0 aromatic heterocycles. The van der Waals surface area contributed by atoms with Gasteiger partial charge < -0.3 is 4.74 Å². The number of ether oxygens (including phenoxy) is 1. The molecule has 96 valence electrons. The highest BCUT2D eigenvalue weighted by atomic mass is 79.9. The molecule has 2 rings (SSSR count). The van der Waals surface area contributed by atoms with Crippen LogP contribution in [0.25, 0.3) is 0 Å². The lowest BCUT2D eigenvalue weighted by molar-refractivity contribution is 0.340. The molecule has 0 saturated heterocycles. The van der Waals surface area contributed by atoms with Crippen molar-refractivity contribution in [3.63, 3.8) is 0 Å². The van der Waals surface area contributed by atoms with Gasteiger partial charge in [-0.05, 0) is 61.9 Å². The fourth-order valence-electron chi connectivity index (χ4n) is 1.71. The van der Waals surface area contributed by atoms with Crippen molar-refractivity contribution >= 4 is 15.9 Å². The van der Waals surface area contributed by atoms with Crippen LogP contribution in [0.3, 0.4) is 0 Å². The van der Waals surface area contributed by atoms with Crippen LogP contribution in [-0.4, -0.2) is 6.61 Å². The highest BCUT2D eigenvalue weighted by molar-refractivity contribution is 9.10. The van der Waals surface area contributed by atoms with Crippen LogP contribution in [0, 0.1) is 18.8 Å². The minimum Gasteiger partial charge on any atom is -0.494 e. The van der Waals surface area contributed by atoms with Crippen LogP contribution in [0.2, 0.25) is 0 Å². The molecular weight excluding hydrogens is 300 g/mol. The smallest absolute Gasteiger partial charge is 0.119 e. The van der Waals surface area contributed by atoms with Crippen molar-refractivity contribution in [2.45, 2.75) is 13.8 Å². The van der Waals surface area contributed by atoms with Crippen molar-refractivity contribution < 1.29 is 4.74 Å². The molecule has 0 heterocycles. The molecule has 2 heteroatoms. The van der Waals surface area contributed by atoms with Crippen molar-refractivity contribution in [2.24, 2.45) is 0 Å². The number of halogens is 1. The van der Waals surface area contributed by atoms with Crippen molar-refractivity contribution in [3.05, 3.63) is 63.6 Å². The van der Waals surface area contributed by atoms with Crippen LogP contribution >= 0.6 is 15.9 Å². The Kier molecular flexibility index (Phi) is 4.65. The lowest BCUT2D eigenvalue weighted by Gasteiger charge is -2.01. The van der Waals surface area contributed by atoms with Gasteiger partial charge in [0.05, 0.1) is 6.61 Å². The minimum absolute atomic E-state index is 0.684. The number of rotatable bonds is 2. The van der Waals surface area contributed by atoms with Gasteiger partial charge >= 0.3 is 0 Å². The summed E-state index contributed by atoms with van der Waals surface area (Å²) in [6, 6.07) is 14.0. The van der Waals surface area contributed by atoms with Crippen LogP contribution in [-0.2, 0) is 0 Å². The van der Waals surface area contributed by atoms with Crippen molar-refractivity contribution in [3.8, 4) is 17.6 Å². The van der Waals surface area contributed by atoms with E-state index in [2.05, 4.69) is 40.8 Å². The van der Waals surface area contributed by atoms with Gasteiger partial charge in [0.2, 0.25) is 0 Å². The molecule has 0 N–H and O–H groups in total. The van der Waals surface area contributed by atoms with Crippen LogP contribution in [0.1, 0.15) is 23.6 Å². The first-order valence-electron chi connectivity index (χ1n) is 6.20. The monoisotopic (exact) mass is 314 g/mol. The molecule has 0 aliphatic heterocycles. The molecule has 0 radical (unpaired) electrons. The molecule has 0 atom stereocenters. The van der Waals surface area contributed by atoms with Gasteiger partial charge in [0.1, 0.15) is 5.75 Å². The van der Waals surface area contributed by atoms with E-state index in [4.69, 9.17) is 4.74 Å². The average molecular weight is 315 g/mol. The van der Waals surface area contributed by atoms with E-state index in [0.29, 0.717) is 6.61 Å². The van der Waals surface area contributed by atoms with E-state index in [1.54, 1.807) is 0 Å². The highest BCUT2D eigenvalue weighted by Gasteiger charge is 1.95. The first-order chi connectivity index (χ1) is 9.19. The summed E-state index contributed by atoms with van der Waals surface area (Å²) in [5.74, 6) is 7.25. The third-order valence-electron chi connectivity index (χ3n) is 2.70. The molecule has 0 amide bonds. The summed E-state index contributed by atoms with van der Waals surface area (Å²) in [4.78, 5) is 0. The zero-order valence-electron chi connectivity index (χ0n) is 11.0. The number of hydrogen-bond donors (Lipinski definition) is 0. The van der Waals surface area contributed by atoms with Gasteiger partial charge in [-0.25, -0.2) is 0 Å². The molecule has 0 spiro atoms. The summed E-state index contributed by atoms with van der Waals surface area (Å²) in [5.41, 5.74) is 3.22. The van der Waals surface area contributed by atoms with Gasteiger partial charge in [-0.2, -0.15) is 0 Å². The Bertz CT molecular complexity index is 618. The Morgan fingerprint density at radius 2 is 1.79 bits per heavy atom. The van der Waals surface area contributed by atoms with E-state index in [0.717, 1.165) is 21.3 Å². The zero-order chi connectivity index (χ0) is 13.7. The first-order valence-corrected chi connectivity index (χ1v) is 6.99. The molecule has 1 nitrogen and oxygen atoms in total. The quantitative estimate of drug-likeness (QED) is 0.739. The molecule has 19 heavy (non-hydrogen) atoms. The van der Waals surface area contributed by atoms with Gasteiger partial charge in [-0.15, -0.1) is 0 Å². The summed E-state index contributed by atoms with van der Waals surface area (Å²) in [7, 11) is 0. The number of hydrogen-bond acceptors (Lipinski definition) is 1. The summed E-state index contributed by atoms with van der Waals surface area (Å²) in [6.45, 7) is 4.72. The third-order valence-corrected chi connectivity index (χ3v) is 3.19. The van der Waals surface area contributed by atoms with E-state index in [9.17, 15) is 0 Å².